The molecule has 2 nitrogen and oxygen atoms in total. The van der Waals surface area contributed by atoms with E-state index in [1.807, 2.05) is 31.2 Å². The molecule has 0 bridgehead atoms. The van der Waals surface area contributed by atoms with Crippen LogP contribution in [0.5, 0.6) is 5.75 Å². The van der Waals surface area contributed by atoms with Crippen molar-refractivity contribution in [1.29, 1.82) is 0 Å². The molecule has 0 aromatic heterocycles. The molecule has 0 unspecified atom stereocenters. The fourth-order valence-corrected chi connectivity index (χ4v) is 2.01. The number of hydrogen-bond acceptors (Lipinski definition) is 2. The molecule has 0 saturated heterocycles. The van der Waals surface area contributed by atoms with E-state index in [-0.39, 0.29) is 0 Å². The molecular formula is C14H20ClNO. The highest BCUT2D eigenvalue weighted by atomic mass is 35.5. The summed E-state index contributed by atoms with van der Waals surface area (Å²) in [6, 6.07) is 3.98. The van der Waals surface area contributed by atoms with E-state index in [1.54, 1.807) is 0 Å². The second-order valence-electron chi connectivity index (χ2n) is 4.31. The molecule has 0 heterocycles. The van der Waals surface area contributed by atoms with Gasteiger partial charge in [0.15, 0.2) is 0 Å². The van der Waals surface area contributed by atoms with Crippen LogP contribution in [0.15, 0.2) is 24.3 Å². The Bertz CT molecular complexity index is 399. The molecule has 0 atom stereocenters. The Balaban J connectivity index is 2.84. The number of hydrogen-bond donors (Lipinski definition) is 1. The lowest BCUT2D eigenvalue weighted by molar-refractivity contribution is 0.359. The summed E-state index contributed by atoms with van der Waals surface area (Å²) in [7, 11) is 0. The first-order valence-corrected chi connectivity index (χ1v) is 6.22. The summed E-state index contributed by atoms with van der Waals surface area (Å²) in [6.07, 6.45) is 3.80. The first kappa shape index (κ1) is 14.1. The first-order chi connectivity index (χ1) is 8.06. The van der Waals surface area contributed by atoms with Crippen LogP contribution in [0.4, 0.5) is 0 Å². The minimum atomic E-state index is 0.394. The van der Waals surface area contributed by atoms with E-state index >= 15 is 0 Å². The number of ether oxygens (including phenoxy) is 1. The highest BCUT2D eigenvalue weighted by Gasteiger charge is 2.09. The summed E-state index contributed by atoms with van der Waals surface area (Å²) in [5, 5.41) is 0.808. The van der Waals surface area contributed by atoms with Crippen LogP contribution in [0.1, 0.15) is 30.9 Å². The van der Waals surface area contributed by atoms with E-state index in [0.29, 0.717) is 19.1 Å². The van der Waals surface area contributed by atoms with E-state index in [0.717, 1.165) is 21.9 Å². The molecule has 0 aliphatic rings. The van der Waals surface area contributed by atoms with Crippen LogP contribution in [0.2, 0.25) is 5.02 Å². The van der Waals surface area contributed by atoms with Gasteiger partial charge in [-0.05, 0) is 36.1 Å². The third-order valence-corrected chi connectivity index (χ3v) is 2.88. The Kier molecular flexibility index (Phi) is 5.52. The molecule has 0 radical (unpaired) electrons. The molecule has 0 spiro atoms. The summed E-state index contributed by atoms with van der Waals surface area (Å²) >= 11 is 6.19. The second kappa shape index (κ2) is 6.67. The van der Waals surface area contributed by atoms with Gasteiger partial charge in [0, 0.05) is 11.6 Å². The van der Waals surface area contributed by atoms with Gasteiger partial charge in [-0.2, -0.15) is 0 Å². The molecule has 0 aliphatic heterocycles. The van der Waals surface area contributed by atoms with Gasteiger partial charge in [0.1, 0.15) is 12.4 Å². The number of nitrogens with two attached hydrogens (primary N) is 1. The summed E-state index contributed by atoms with van der Waals surface area (Å²) in [6.45, 7) is 7.32. The van der Waals surface area contributed by atoms with Gasteiger partial charge in [0.25, 0.3) is 0 Å². The minimum Gasteiger partial charge on any atom is -0.489 e. The van der Waals surface area contributed by atoms with Crippen molar-refractivity contribution in [3.05, 3.63) is 40.4 Å². The quantitative estimate of drug-likeness (QED) is 0.813. The van der Waals surface area contributed by atoms with Crippen LogP contribution in [-0.2, 0) is 0 Å². The molecule has 0 amide bonds. The van der Waals surface area contributed by atoms with Crippen molar-refractivity contribution in [2.75, 3.05) is 13.2 Å². The van der Waals surface area contributed by atoms with Gasteiger partial charge in [-0.3, -0.25) is 0 Å². The first-order valence-electron chi connectivity index (χ1n) is 5.84. The summed E-state index contributed by atoms with van der Waals surface area (Å²) in [5.74, 6) is 1.28. The van der Waals surface area contributed by atoms with Gasteiger partial charge in [-0.15, -0.1) is 0 Å². The average molecular weight is 254 g/mol. The number of benzene rings is 1. The predicted molar refractivity (Wildman–Crippen MR) is 74.0 cm³/mol. The van der Waals surface area contributed by atoms with Crippen LogP contribution in [0.25, 0.3) is 0 Å². The van der Waals surface area contributed by atoms with Crippen LogP contribution in [-0.4, -0.2) is 13.2 Å². The standard InChI is InChI=1S/C14H20ClNO/c1-10(2)12-9-14(11(3)8-13(12)15)17-7-5-4-6-16/h4-5,8-10H,6-7,16H2,1-3H3. The Morgan fingerprint density at radius 2 is 2.06 bits per heavy atom. The molecule has 2 N–H and O–H groups in total. The van der Waals surface area contributed by atoms with Crippen molar-refractivity contribution in [3.8, 4) is 5.75 Å². The lowest BCUT2D eigenvalue weighted by Gasteiger charge is -2.13. The van der Waals surface area contributed by atoms with Gasteiger partial charge in [-0.25, -0.2) is 0 Å². The highest BCUT2D eigenvalue weighted by molar-refractivity contribution is 6.31. The monoisotopic (exact) mass is 253 g/mol. The highest BCUT2D eigenvalue weighted by Crippen LogP contribution is 2.31. The van der Waals surface area contributed by atoms with Gasteiger partial charge < -0.3 is 10.5 Å². The molecule has 94 valence electrons. The molecule has 1 rings (SSSR count). The summed E-state index contributed by atoms with van der Waals surface area (Å²) in [5.41, 5.74) is 7.54. The lowest BCUT2D eigenvalue weighted by atomic mass is 10.0. The maximum atomic E-state index is 6.19. The van der Waals surface area contributed by atoms with Crippen LogP contribution >= 0.6 is 11.6 Å². The fraction of sp³-hybridized carbons (Fsp3) is 0.429. The Morgan fingerprint density at radius 1 is 1.35 bits per heavy atom. The Labute approximate surface area is 108 Å². The second-order valence-corrected chi connectivity index (χ2v) is 4.72. The number of rotatable bonds is 5. The third kappa shape index (κ3) is 4.06. The van der Waals surface area contributed by atoms with E-state index in [9.17, 15) is 0 Å². The summed E-state index contributed by atoms with van der Waals surface area (Å²) in [4.78, 5) is 0. The number of aryl methyl sites for hydroxylation is 1. The van der Waals surface area contributed by atoms with E-state index in [1.165, 1.54) is 0 Å². The van der Waals surface area contributed by atoms with E-state index < -0.39 is 0 Å². The molecular weight excluding hydrogens is 234 g/mol. The average Bonchev–Trinajstić information content (AvgIpc) is 2.26. The van der Waals surface area contributed by atoms with Crippen LogP contribution in [0, 0.1) is 6.92 Å². The van der Waals surface area contributed by atoms with Crippen molar-refractivity contribution >= 4 is 11.6 Å². The molecule has 17 heavy (non-hydrogen) atoms. The maximum absolute atomic E-state index is 6.19. The van der Waals surface area contributed by atoms with Gasteiger partial charge >= 0.3 is 0 Å². The lowest BCUT2D eigenvalue weighted by Crippen LogP contribution is -2.00. The molecule has 1 aromatic carbocycles. The van der Waals surface area contributed by atoms with Crippen molar-refractivity contribution < 1.29 is 4.74 Å². The molecule has 1 aromatic rings. The SMILES string of the molecule is Cc1cc(Cl)c(C(C)C)cc1OCC=CCN. The molecule has 0 saturated carbocycles. The van der Waals surface area contributed by atoms with E-state index in [4.69, 9.17) is 22.1 Å². The van der Waals surface area contributed by atoms with Crippen molar-refractivity contribution in [1.82, 2.24) is 0 Å². The Morgan fingerprint density at radius 3 is 2.65 bits per heavy atom. The van der Waals surface area contributed by atoms with Gasteiger partial charge in [0.2, 0.25) is 0 Å². The van der Waals surface area contributed by atoms with Crippen molar-refractivity contribution in [3.63, 3.8) is 0 Å². The fourth-order valence-electron chi connectivity index (χ4n) is 1.57. The number of halogens is 1. The van der Waals surface area contributed by atoms with E-state index in [2.05, 4.69) is 13.8 Å². The zero-order valence-electron chi connectivity index (χ0n) is 10.7. The van der Waals surface area contributed by atoms with Gasteiger partial charge in [-0.1, -0.05) is 37.6 Å². The molecule has 0 aliphatic carbocycles. The topological polar surface area (TPSA) is 35.2 Å². The molecule has 3 heteroatoms. The summed E-state index contributed by atoms with van der Waals surface area (Å²) < 4.78 is 5.68. The van der Waals surface area contributed by atoms with Crippen molar-refractivity contribution in [2.45, 2.75) is 26.7 Å². The van der Waals surface area contributed by atoms with Crippen molar-refractivity contribution in [2.24, 2.45) is 5.73 Å². The minimum absolute atomic E-state index is 0.394. The zero-order valence-corrected chi connectivity index (χ0v) is 11.4. The largest absolute Gasteiger partial charge is 0.489 e. The smallest absolute Gasteiger partial charge is 0.123 e. The normalized spacial score (nSPS) is 11.4. The van der Waals surface area contributed by atoms with Gasteiger partial charge in [0.05, 0.1) is 0 Å². The third-order valence-electron chi connectivity index (χ3n) is 2.55. The predicted octanol–water partition coefficient (Wildman–Crippen LogP) is 3.67. The molecule has 0 fully saturated rings. The zero-order chi connectivity index (χ0) is 12.8. The Hall–Kier alpha value is -0.990. The van der Waals surface area contributed by atoms with Crippen LogP contribution in [0.3, 0.4) is 0 Å². The van der Waals surface area contributed by atoms with Crippen LogP contribution < -0.4 is 10.5 Å². The maximum Gasteiger partial charge on any atom is 0.123 e.